The molecule has 0 radical (unpaired) electrons. The van der Waals surface area contributed by atoms with Crippen LogP contribution in [0.25, 0.3) is 0 Å². The Morgan fingerprint density at radius 3 is 2.38 bits per heavy atom. The summed E-state index contributed by atoms with van der Waals surface area (Å²) < 4.78 is 3.48. The van der Waals surface area contributed by atoms with Crippen LogP contribution in [0, 0.1) is 0 Å². The van der Waals surface area contributed by atoms with Gasteiger partial charge in [0.15, 0.2) is 0 Å². The average molecular weight is 236 g/mol. The first-order chi connectivity index (χ1) is 7.74. The second-order valence-corrected chi connectivity index (χ2v) is 4.97. The van der Waals surface area contributed by atoms with Crippen molar-refractivity contribution in [2.75, 3.05) is 0 Å². The Hall–Kier alpha value is -1.29. The lowest BCUT2D eigenvalue weighted by molar-refractivity contribution is 0.671. The van der Waals surface area contributed by atoms with E-state index in [-0.39, 0.29) is 5.69 Å². The van der Waals surface area contributed by atoms with Crippen molar-refractivity contribution in [2.24, 2.45) is 0 Å². The highest BCUT2D eigenvalue weighted by molar-refractivity contribution is 7.11. The van der Waals surface area contributed by atoms with Gasteiger partial charge < -0.3 is 0 Å². The molecular formula is C12H16N2OS. The van der Waals surface area contributed by atoms with Crippen molar-refractivity contribution in [1.29, 1.82) is 0 Å². The Labute approximate surface area is 99.0 Å². The van der Waals surface area contributed by atoms with Crippen LogP contribution in [0.4, 0.5) is 0 Å². The van der Waals surface area contributed by atoms with E-state index in [2.05, 4.69) is 19.1 Å². The highest BCUT2D eigenvalue weighted by atomic mass is 32.1. The molecule has 2 aromatic heterocycles. The van der Waals surface area contributed by atoms with Gasteiger partial charge in [0.2, 0.25) is 0 Å². The predicted octanol–water partition coefficient (Wildman–Crippen LogP) is 2.34. The summed E-state index contributed by atoms with van der Waals surface area (Å²) in [4.78, 5) is 14.4. The maximum absolute atomic E-state index is 11.8. The number of nitrogens with zero attached hydrogens (tertiary/aromatic N) is 2. The Balaban J connectivity index is 2.20. The molecule has 2 rings (SSSR count). The molecule has 86 valence electrons. The Morgan fingerprint density at radius 2 is 1.81 bits per heavy atom. The molecule has 0 spiro atoms. The van der Waals surface area contributed by atoms with Gasteiger partial charge in [0.1, 0.15) is 0 Å². The normalized spacial score (nSPS) is 10.9. The third-order valence-electron chi connectivity index (χ3n) is 2.65. The molecule has 2 heterocycles. The van der Waals surface area contributed by atoms with Crippen LogP contribution in [0.5, 0.6) is 0 Å². The molecule has 0 unspecified atom stereocenters. The van der Waals surface area contributed by atoms with Gasteiger partial charge in [0, 0.05) is 28.7 Å². The van der Waals surface area contributed by atoms with Crippen LogP contribution in [0.3, 0.4) is 0 Å². The summed E-state index contributed by atoms with van der Waals surface area (Å²) in [6, 6.07) is 4.25. The van der Waals surface area contributed by atoms with Crippen LogP contribution in [-0.2, 0) is 19.5 Å². The molecule has 4 heteroatoms. The van der Waals surface area contributed by atoms with Crippen LogP contribution in [0.15, 0.2) is 29.3 Å². The van der Waals surface area contributed by atoms with Gasteiger partial charge in [0.25, 0.3) is 0 Å². The van der Waals surface area contributed by atoms with Crippen LogP contribution in [-0.4, -0.2) is 9.13 Å². The minimum atomic E-state index is 0.0777. The molecule has 0 fully saturated rings. The molecule has 0 saturated carbocycles. The van der Waals surface area contributed by atoms with Crippen molar-refractivity contribution >= 4 is 11.3 Å². The first-order valence-corrected chi connectivity index (χ1v) is 6.39. The summed E-state index contributed by atoms with van der Waals surface area (Å²) in [5.41, 5.74) is 0.0777. The average Bonchev–Trinajstić information content (AvgIpc) is 2.88. The lowest BCUT2D eigenvalue weighted by atomic mass is 10.3. The van der Waals surface area contributed by atoms with Crippen LogP contribution in [0.1, 0.15) is 23.6 Å². The molecule has 2 aromatic rings. The number of imidazole rings is 1. The van der Waals surface area contributed by atoms with E-state index < -0.39 is 0 Å². The fourth-order valence-corrected chi connectivity index (χ4v) is 2.64. The topological polar surface area (TPSA) is 26.9 Å². The van der Waals surface area contributed by atoms with Gasteiger partial charge in [-0.15, -0.1) is 11.3 Å². The number of thiophene rings is 1. The zero-order valence-corrected chi connectivity index (χ0v) is 10.5. The molecule has 0 aliphatic heterocycles. The van der Waals surface area contributed by atoms with Crippen LogP contribution >= 0.6 is 11.3 Å². The fraction of sp³-hybridized carbons (Fsp3) is 0.417. The summed E-state index contributed by atoms with van der Waals surface area (Å²) in [5.74, 6) is 0. The van der Waals surface area contributed by atoms with Gasteiger partial charge in [-0.05, 0) is 25.5 Å². The molecule has 3 nitrogen and oxygen atoms in total. The van der Waals surface area contributed by atoms with E-state index in [1.165, 1.54) is 9.75 Å². The summed E-state index contributed by atoms with van der Waals surface area (Å²) >= 11 is 1.78. The first kappa shape index (κ1) is 11.2. The maximum atomic E-state index is 11.8. The fourth-order valence-electron chi connectivity index (χ4n) is 1.68. The van der Waals surface area contributed by atoms with E-state index in [0.717, 1.165) is 13.0 Å². The zero-order valence-electron chi connectivity index (χ0n) is 9.64. The van der Waals surface area contributed by atoms with Gasteiger partial charge in [0.05, 0.1) is 6.54 Å². The number of aromatic nitrogens is 2. The van der Waals surface area contributed by atoms with E-state index in [1.54, 1.807) is 20.5 Å². The molecule has 0 saturated heterocycles. The highest BCUT2D eigenvalue weighted by Crippen LogP contribution is 2.17. The molecular weight excluding hydrogens is 220 g/mol. The Kier molecular flexibility index (Phi) is 3.29. The smallest absolute Gasteiger partial charge is 0.300 e. The summed E-state index contributed by atoms with van der Waals surface area (Å²) in [5, 5.41) is 0. The molecule has 0 aliphatic rings. The van der Waals surface area contributed by atoms with E-state index in [4.69, 9.17) is 0 Å². The van der Waals surface area contributed by atoms with E-state index in [1.807, 2.05) is 19.3 Å². The summed E-state index contributed by atoms with van der Waals surface area (Å²) in [6.07, 6.45) is 4.77. The van der Waals surface area contributed by atoms with Gasteiger partial charge in [-0.2, -0.15) is 0 Å². The lowest BCUT2D eigenvalue weighted by Crippen LogP contribution is -2.23. The number of hydrogen-bond acceptors (Lipinski definition) is 2. The summed E-state index contributed by atoms with van der Waals surface area (Å²) in [6.45, 7) is 5.55. The van der Waals surface area contributed by atoms with Crippen molar-refractivity contribution < 1.29 is 0 Å². The minimum absolute atomic E-state index is 0.0777. The second-order valence-electron chi connectivity index (χ2n) is 3.72. The molecule has 0 N–H and O–H groups in total. The minimum Gasteiger partial charge on any atom is -0.300 e. The number of rotatable bonds is 4. The predicted molar refractivity (Wildman–Crippen MR) is 67.2 cm³/mol. The molecule has 0 aromatic carbocycles. The van der Waals surface area contributed by atoms with Crippen molar-refractivity contribution in [2.45, 2.75) is 33.4 Å². The SMILES string of the molecule is CCc1ccc(Cn2ccn(CC)c2=O)s1. The van der Waals surface area contributed by atoms with Crippen LogP contribution < -0.4 is 5.69 Å². The Bertz CT molecular complexity index is 521. The van der Waals surface area contributed by atoms with Crippen molar-refractivity contribution in [3.05, 3.63) is 44.8 Å². The van der Waals surface area contributed by atoms with Gasteiger partial charge in [-0.3, -0.25) is 9.13 Å². The summed E-state index contributed by atoms with van der Waals surface area (Å²) in [7, 11) is 0. The van der Waals surface area contributed by atoms with Gasteiger partial charge in [-0.1, -0.05) is 6.92 Å². The van der Waals surface area contributed by atoms with E-state index in [9.17, 15) is 4.79 Å². The van der Waals surface area contributed by atoms with Gasteiger partial charge >= 0.3 is 5.69 Å². The molecule has 0 atom stereocenters. The van der Waals surface area contributed by atoms with E-state index >= 15 is 0 Å². The third-order valence-corrected chi connectivity index (χ3v) is 3.86. The Morgan fingerprint density at radius 1 is 1.12 bits per heavy atom. The third kappa shape index (κ3) is 2.11. The quantitative estimate of drug-likeness (QED) is 0.800. The van der Waals surface area contributed by atoms with Gasteiger partial charge in [-0.25, -0.2) is 4.79 Å². The standard InChI is InChI=1S/C12H16N2OS/c1-3-10-5-6-11(16-10)9-14-8-7-13(4-2)12(14)15/h5-8H,3-4,9H2,1-2H3. The van der Waals surface area contributed by atoms with E-state index in [0.29, 0.717) is 6.54 Å². The first-order valence-electron chi connectivity index (χ1n) is 5.57. The van der Waals surface area contributed by atoms with Crippen molar-refractivity contribution in [3.63, 3.8) is 0 Å². The van der Waals surface area contributed by atoms with Crippen LogP contribution in [0.2, 0.25) is 0 Å². The maximum Gasteiger partial charge on any atom is 0.328 e. The second kappa shape index (κ2) is 4.70. The lowest BCUT2D eigenvalue weighted by Gasteiger charge is -1.98. The monoisotopic (exact) mass is 236 g/mol. The molecule has 0 bridgehead atoms. The largest absolute Gasteiger partial charge is 0.328 e. The zero-order chi connectivity index (χ0) is 11.5. The number of aryl methyl sites for hydroxylation is 2. The molecule has 0 aliphatic carbocycles. The molecule has 0 amide bonds. The van der Waals surface area contributed by atoms with Crippen molar-refractivity contribution in [3.8, 4) is 0 Å². The molecule has 16 heavy (non-hydrogen) atoms. The van der Waals surface area contributed by atoms with Crippen molar-refractivity contribution in [1.82, 2.24) is 9.13 Å². The number of hydrogen-bond donors (Lipinski definition) is 0. The highest BCUT2D eigenvalue weighted by Gasteiger charge is 2.04.